The van der Waals surface area contributed by atoms with E-state index < -0.39 is 5.60 Å². The first-order valence-corrected chi connectivity index (χ1v) is 12.5. The highest BCUT2D eigenvalue weighted by atomic mass is 16.6. The van der Waals surface area contributed by atoms with Crippen LogP contribution < -0.4 is 10.2 Å². The highest BCUT2D eigenvalue weighted by Crippen LogP contribution is 2.33. The van der Waals surface area contributed by atoms with Crippen LogP contribution in [0.2, 0.25) is 0 Å². The smallest absolute Gasteiger partial charge is 0.410 e. The molecule has 0 atom stereocenters. The zero-order valence-corrected chi connectivity index (χ0v) is 21.3. The number of benzene rings is 1. The molecule has 0 bridgehead atoms. The van der Waals surface area contributed by atoms with Crippen molar-refractivity contribution in [1.82, 2.24) is 9.88 Å². The molecule has 1 aromatic carbocycles. The minimum atomic E-state index is -0.495. The lowest BCUT2D eigenvalue weighted by Crippen LogP contribution is -2.50. The van der Waals surface area contributed by atoms with Crippen LogP contribution in [0.25, 0.3) is 5.57 Å². The van der Waals surface area contributed by atoms with E-state index in [1.54, 1.807) is 11.1 Å². The highest BCUT2D eigenvalue weighted by Gasteiger charge is 2.26. The maximum absolute atomic E-state index is 13.1. The molecular weight excluding hydrogens is 440 g/mol. The van der Waals surface area contributed by atoms with Gasteiger partial charge in [0, 0.05) is 31.8 Å². The number of hydrogen-bond acceptors (Lipinski definition) is 5. The number of pyridine rings is 1. The molecule has 1 aliphatic carbocycles. The van der Waals surface area contributed by atoms with Gasteiger partial charge in [0.1, 0.15) is 11.4 Å². The number of aryl methyl sites for hydroxylation is 1. The van der Waals surface area contributed by atoms with Crippen LogP contribution >= 0.6 is 0 Å². The number of anilines is 2. The van der Waals surface area contributed by atoms with Gasteiger partial charge in [-0.05, 0) is 76.6 Å². The van der Waals surface area contributed by atoms with E-state index in [1.165, 1.54) is 5.56 Å². The molecule has 1 saturated heterocycles. The maximum atomic E-state index is 13.1. The Morgan fingerprint density at radius 1 is 0.943 bits per heavy atom. The zero-order chi connectivity index (χ0) is 25.0. The summed E-state index contributed by atoms with van der Waals surface area (Å²) in [5.41, 5.74) is 4.58. The second kappa shape index (κ2) is 10.5. The van der Waals surface area contributed by atoms with E-state index in [1.807, 2.05) is 32.9 Å². The van der Waals surface area contributed by atoms with Crippen molar-refractivity contribution in [3.63, 3.8) is 0 Å². The first-order chi connectivity index (χ1) is 16.7. The zero-order valence-electron chi connectivity index (χ0n) is 21.3. The standard InChI is InChI=1S/C28H36N4O3/c1-20-9-11-21(12-10-20)23-7-5-6-8-24(23)26(33)30-22-13-14-25(29-19-22)31-15-17-32(18-16-31)27(34)35-28(2,3)4/h9-14,19H,5-8,15-18H2,1-4H3,(H,30,33). The second-order valence-corrected chi connectivity index (χ2v) is 10.3. The Morgan fingerprint density at radius 2 is 1.63 bits per heavy atom. The normalized spacial score (nSPS) is 16.8. The molecule has 2 amide bonds. The number of ether oxygens (including phenoxy) is 1. The number of carbonyl (C=O) groups is 2. The Hall–Kier alpha value is -3.35. The topological polar surface area (TPSA) is 74.8 Å². The Morgan fingerprint density at radius 3 is 2.26 bits per heavy atom. The number of nitrogens with zero attached hydrogens (tertiary/aromatic N) is 3. The van der Waals surface area contributed by atoms with Gasteiger partial charge in [-0.1, -0.05) is 29.8 Å². The third-order valence-electron chi connectivity index (χ3n) is 6.40. The van der Waals surface area contributed by atoms with Crippen molar-refractivity contribution in [3.8, 4) is 0 Å². The van der Waals surface area contributed by atoms with E-state index in [-0.39, 0.29) is 12.0 Å². The summed E-state index contributed by atoms with van der Waals surface area (Å²) in [5, 5.41) is 3.05. The summed E-state index contributed by atoms with van der Waals surface area (Å²) in [6, 6.07) is 12.2. The summed E-state index contributed by atoms with van der Waals surface area (Å²) in [6.07, 6.45) is 5.30. The van der Waals surface area contributed by atoms with Crippen molar-refractivity contribution in [3.05, 3.63) is 59.3 Å². The summed E-state index contributed by atoms with van der Waals surface area (Å²) in [5.74, 6) is 0.796. The molecule has 1 aromatic heterocycles. The molecule has 0 spiro atoms. The molecule has 7 heteroatoms. The van der Waals surface area contributed by atoms with Gasteiger partial charge in [-0.2, -0.15) is 0 Å². The van der Waals surface area contributed by atoms with Crippen LogP contribution in [-0.2, 0) is 9.53 Å². The number of hydrogen-bond donors (Lipinski definition) is 1. The van der Waals surface area contributed by atoms with Gasteiger partial charge in [0.25, 0.3) is 5.91 Å². The summed E-state index contributed by atoms with van der Waals surface area (Å²) < 4.78 is 5.47. The van der Waals surface area contributed by atoms with E-state index in [4.69, 9.17) is 4.74 Å². The van der Waals surface area contributed by atoms with Crippen LogP contribution in [-0.4, -0.2) is 53.7 Å². The van der Waals surface area contributed by atoms with Crippen molar-refractivity contribution in [2.75, 3.05) is 36.4 Å². The van der Waals surface area contributed by atoms with Gasteiger partial charge >= 0.3 is 6.09 Å². The predicted molar refractivity (Wildman–Crippen MR) is 139 cm³/mol. The fourth-order valence-corrected chi connectivity index (χ4v) is 4.53. The third kappa shape index (κ3) is 6.41. The van der Waals surface area contributed by atoms with Gasteiger partial charge in [-0.3, -0.25) is 4.79 Å². The molecule has 4 rings (SSSR count). The summed E-state index contributed by atoms with van der Waals surface area (Å²) in [7, 11) is 0. The van der Waals surface area contributed by atoms with Crippen molar-refractivity contribution in [2.45, 2.75) is 59.0 Å². The van der Waals surface area contributed by atoms with E-state index in [9.17, 15) is 9.59 Å². The van der Waals surface area contributed by atoms with E-state index in [0.29, 0.717) is 31.9 Å². The molecule has 1 aliphatic heterocycles. The van der Waals surface area contributed by atoms with E-state index in [0.717, 1.165) is 48.2 Å². The number of allylic oxidation sites excluding steroid dienone is 1. The van der Waals surface area contributed by atoms with Crippen molar-refractivity contribution >= 4 is 29.1 Å². The monoisotopic (exact) mass is 476 g/mol. The summed E-state index contributed by atoms with van der Waals surface area (Å²) in [6.45, 7) is 10.2. The van der Waals surface area contributed by atoms with E-state index >= 15 is 0 Å². The van der Waals surface area contributed by atoms with Gasteiger partial charge in [-0.25, -0.2) is 9.78 Å². The molecule has 2 aliphatic rings. The summed E-state index contributed by atoms with van der Waals surface area (Å²) >= 11 is 0. The van der Waals surface area contributed by atoms with Crippen LogP contribution in [0.4, 0.5) is 16.3 Å². The van der Waals surface area contributed by atoms with Crippen molar-refractivity contribution in [2.24, 2.45) is 0 Å². The molecule has 7 nitrogen and oxygen atoms in total. The quantitative estimate of drug-likeness (QED) is 0.638. The number of piperazine rings is 1. The van der Waals surface area contributed by atoms with Gasteiger partial charge < -0.3 is 19.9 Å². The number of nitrogens with one attached hydrogen (secondary N) is 1. The van der Waals surface area contributed by atoms with Crippen molar-refractivity contribution in [1.29, 1.82) is 0 Å². The van der Waals surface area contributed by atoms with Crippen molar-refractivity contribution < 1.29 is 14.3 Å². The molecule has 1 fully saturated rings. The Kier molecular flexibility index (Phi) is 7.43. The number of carbonyl (C=O) groups excluding carboxylic acids is 2. The van der Waals surface area contributed by atoms with Crippen LogP contribution in [0.3, 0.4) is 0 Å². The molecule has 186 valence electrons. The van der Waals surface area contributed by atoms with Crippen LogP contribution in [0.1, 0.15) is 57.6 Å². The molecule has 2 heterocycles. The average molecular weight is 477 g/mol. The lowest BCUT2D eigenvalue weighted by Gasteiger charge is -2.36. The van der Waals surface area contributed by atoms with Crippen LogP contribution in [0, 0.1) is 6.92 Å². The minimum Gasteiger partial charge on any atom is -0.444 e. The summed E-state index contributed by atoms with van der Waals surface area (Å²) in [4.78, 5) is 33.9. The number of aromatic nitrogens is 1. The highest BCUT2D eigenvalue weighted by molar-refractivity contribution is 6.09. The molecule has 2 aromatic rings. The van der Waals surface area contributed by atoms with Gasteiger partial charge in [-0.15, -0.1) is 0 Å². The lowest BCUT2D eigenvalue weighted by atomic mass is 9.86. The van der Waals surface area contributed by atoms with Gasteiger partial charge in [0.05, 0.1) is 11.9 Å². The predicted octanol–water partition coefficient (Wildman–Crippen LogP) is 5.41. The number of amides is 2. The van der Waals surface area contributed by atoms with Gasteiger partial charge in [0.15, 0.2) is 0 Å². The fourth-order valence-electron chi connectivity index (χ4n) is 4.53. The van der Waals surface area contributed by atoms with Gasteiger partial charge in [0.2, 0.25) is 0 Å². The minimum absolute atomic E-state index is 0.0409. The Bertz CT molecular complexity index is 1080. The Labute approximate surface area is 208 Å². The molecule has 0 unspecified atom stereocenters. The van der Waals surface area contributed by atoms with Crippen LogP contribution in [0.15, 0.2) is 48.2 Å². The lowest BCUT2D eigenvalue weighted by molar-refractivity contribution is -0.113. The Balaban J connectivity index is 1.37. The largest absolute Gasteiger partial charge is 0.444 e. The first-order valence-electron chi connectivity index (χ1n) is 12.5. The molecule has 35 heavy (non-hydrogen) atoms. The molecule has 0 radical (unpaired) electrons. The first kappa shape index (κ1) is 24.8. The van der Waals surface area contributed by atoms with Crippen LogP contribution in [0.5, 0.6) is 0 Å². The molecular formula is C28H36N4O3. The second-order valence-electron chi connectivity index (χ2n) is 10.3. The molecule has 1 N–H and O–H groups in total. The fraction of sp³-hybridized carbons (Fsp3) is 0.464. The molecule has 0 saturated carbocycles. The average Bonchev–Trinajstić information content (AvgIpc) is 2.84. The van der Waals surface area contributed by atoms with E-state index in [2.05, 4.69) is 46.4 Å². The SMILES string of the molecule is Cc1ccc(C2=C(C(=O)Nc3ccc(N4CCN(C(=O)OC(C)(C)C)CC4)nc3)CCCC2)cc1. The number of rotatable bonds is 4. The third-order valence-corrected chi connectivity index (χ3v) is 6.40. The maximum Gasteiger partial charge on any atom is 0.410 e.